The lowest BCUT2D eigenvalue weighted by Gasteiger charge is -2.46. The Bertz CT molecular complexity index is 1410. The van der Waals surface area contributed by atoms with Gasteiger partial charge in [-0.3, -0.25) is 9.11 Å². The van der Waals surface area contributed by atoms with E-state index in [-0.39, 0.29) is 33.0 Å². The molecular formula is C29H30ClF3N2O4S. The molecule has 3 aromatic rings. The summed E-state index contributed by atoms with van der Waals surface area (Å²) in [5.74, 6) is -1.30. The van der Waals surface area contributed by atoms with Crippen molar-refractivity contribution in [2.45, 2.75) is 49.2 Å². The standard InChI is InChI=1S/C29H30ClF3N2O4S/c1-34-26(18-8-4-2-5-9-18)17-35(22-10-6-3-7-11-22)25-16-24(30)23(15-27(25)40(34,38)39)19-12-20(28(36)37)14-21(13-19)29(31,32)33/h3,6-7,10-16,18,26,38-39H,2,4-5,8-9,17H2,1H3,(H,36,37). The van der Waals surface area contributed by atoms with Gasteiger partial charge in [0.25, 0.3) is 0 Å². The zero-order valence-electron chi connectivity index (χ0n) is 21.7. The molecule has 5 rings (SSSR count). The fraction of sp³-hybridized carbons (Fsp3) is 0.345. The second-order valence-electron chi connectivity index (χ2n) is 10.4. The summed E-state index contributed by atoms with van der Waals surface area (Å²) in [5, 5.41) is 9.55. The first-order valence-corrected chi connectivity index (χ1v) is 14.9. The molecule has 1 aliphatic heterocycles. The molecule has 214 valence electrons. The number of nitrogens with zero attached hydrogens (tertiary/aromatic N) is 2. The van der Waals surface area contributed by atoms with Crippen molar-refractivity contribution in [3.63, 3.8) is 0 Å². The summed E-state index contributed by atoms with van der Waals surface area (Å²) < 4.78 is 66.1. The predicted molar refractivity (Wildman–Crippen MR) is 152 cm³/mol. The molecule has 0 saturated heterocycles. The van der Waals surface area contributed by atoms with Gasteiger partial charge in [0.2, 0.25) is 0 Å². The van der Waals surface area contributed by atoms with E-state index in [4.69, 9.17) is 11.6 Å². The summed E-state index contributed by atoms with van der Waals surface area (Å²) >= 11 is 6.69. The first-order chi connectivity index (χ1) is 18.9. The highest BCUT2D eigenvalue weighted by atomic mass is 35.5. The van der Waals surface area contributed by atoms with E-state index in [1.54, 1.807) is 11.4 Å². The van der Waals surface area contributed by atoms with E-state index in [1.165, 1.54) is 12.1 Å². The molecule has 0 amide bonds. The molecule has 1 fully saturated rings. The number of alkyl halides is 3. The van der Waals surface area contributed by atoms with Crippen LogP contribution in [0, 0.1) is 5.92 Å². The Kier molecular flexibility index (Phi) is 7.84. The smallest absolute Gasteiger partial charge is 0.416 e. The molecule has 2 aliphatic rings. The summed E-state index contributed by atoms with van der Waals surface area (Å²) in [6.45, 7) is 0.455. The van der Waals surface area contributed by atoms with Gasteiger partial charge in [-0.1, -0.05) is 49.1 Å². The van der Waals surface area contributed by atoms with Gasteiger partial charge in [-0.2, -0.15) is 17.5 Å². The van der Waals surface area contributed by atoms with Crippen LogP contribution in [0.2, 0.25) is 5.02 Å². The van der Waals surface area contributed by atoms with Crippen LogP contribution < -0.4 is 4.90 Å². The molecule has 40 heavy (non-hydrogen) atoms. The molecule has 1 saturated carbocycles. The molecule has 3 aromatic carbocycles. The second kappa shape index (κ2) is 10.9. The summed E-state index contributed by atoms with van der Waals surface area (Å²) in [6.07, 6.45) is 0.377. The van der Waals surface area contributed by atoms with Gasteiger partial charge >= 0.3 is 12.1 Å². The third-order valence-corrected chi connectivity index (χ3v) is 10.3. The number of carboxylic acids is 1. The van der Waals surface area contributed by atoms with Crippen molar-refractivity contribution in [1.82, 2.24) is 4.31 Å². The lowest BCUT2D eigenvalue weighted by molar-refractivity contribution is -0.137. The van der Waals surface area contributed by atoms with Gasteiger partial charge in [0.1, 0.15) is 0 Å². The minimum atomic E-state index is -4.79. The van der Waals surface area contributed by atoms with Crippen LogP contribution in [0.15, 0.2) is 65.6 Å². The maximum Gasteiger partial charge on any atom is 0.416 e. The number of fused-ring (bicyclic) bond motifs is 1. The van der Waals surface area contributed by atoms with E-state index in [0.29, 0.717) is 18.3 Å². The average molecular weight is 595 g/mol. The van der Waals surface area contributed by atoms with Gasteiger partial charge in [-0.05, 0) is 66.8 Å². The van der Waals surface area contributed by atoms with Crippen molar-refractivity contribution in [2.24, 2.45) is 5.92 Å². The quantitative estimate of drug-likeness (QED) is 0.280. The van der Waals surface area contributed by atoms with Crippen LogP contribution in [0.1, 0.15) is 48.0 Å². The van der Waals surface area contributed by atoms with E-state index >= 15 is 0 Å². The van der Waals surface area contributed by atoms with Gasteiger partial charge in [-0.15, -0.1) is 10.8 Å². The number of carboxylic acid groups (broad SMARTS) is 1. The van der Waals surface area contributed by atoms with Crippen molar-refractivity contribution in [1.29, 1.82) is 0 Å². The Morgan fingerprint density at radius 1 is 1.00 bits per heavy atom. The topological polar surface area (TPSA) is 84.2 Å². The Balaban J connectivity index is 1.72. The molecule has 6 nitrogen and oxygen atoms in total. The summed E-state index contributed by atoms with van der Waals surface area (Å²) in [6, 6.07) is 14.7. The monoisotopic (exact) mass is 594 g/mol. The predicted octanol–water partition coefficient (Wildman–Crippen LogP) is 8.78. The molecule has 1 heterocycles. The maximum absolute atomic E-state index is 13.7. The first-order valence-electron chi connectivity index (χ1n) is 13.0. The number of anilines is 2. The van der Waals surface area contributed by atoms with Crippen LogP contribution in [0.4, 0.5) is 24.5 Å². The number of para-hydroxylation sites is 1. The van der Waals surface area contributed by atoms with Crippen LogP contribution in [0.3, 0.4) is 0 Å². The van der Waals surface area contributed by atoms with Crippen molar-refractivity contribution in [3.05, 3.63) is 76.8 Å². The van der Waals surface area contributed by atoms with Gasteiger partial charge in [0.15, 0.2) is 0 Å². The van der Waals surface area contributed by atoms with Crippen molar-refractivity contribution < 1.29 is 32.2 Å². The van der Waals surface area contributed by atoms with Gasteiger partial charge in [0, 0.05) is 30.9 Å². The number of aromatic carboxylic acids is 1. The fourth-order valence-electron chi connectivity index (χ4n) is 5.83. The number of halogens is 4. The Labute approximate surface area is 237 Å². The zero-order chi connectivity index (χ0) is 28.8. The number of likely N-dealkylation sites (N-methyl/N-ethyl adjacent to an activating group) is 1. The van der Waals surface area contributed by atoms with Crippen LogP contribution >= 0.6 is 22.4 Å². The molecule has 1 atom stereocenters. The summed E-state index contributed by atoms with van der Waals surface area (Å²) in [7, 11) is -1.94. The largest absolute Gasteiger partial charge is 0.478 e. The highest BCUT2D eigenvalue weighted by Gasteiger charge is 2.41. The number of benzene rings is 3. The Morgan fingerprint density at radius 2 is 1.68 bits per heavy atom. The van der Waals surface area contributed by atoms with Crippen molar-refractivity contribution in [2.75, 3.05) is 18.5 Å². The third kappa shape index (κ3) is 5.43. The number of hydrogen-bond donors (Lipinski definition) is 3. The number of carbonyl (C=O) groups is 1. The minimum absolute atomic E-state index is 0.0595. The molecule has 11 heteroatoms. The lowest BCUT2D eigenvalue weighted by atomic mass is 9.83. The van der Waals surface area contributed by atoms with E-state index in [0.717, 1.165) is 49.9 Å². The van der Waals surface area contributed by atoms with Crippen LogP contribution in [0.5, 0.6) is 0 Å². The number of hydrogen-bond acceptors (Lipinski definition) is 5. The SMILES string of the molecule is CN1C(C2CCCCC2)CN(c2ccccc2)c2cc(Cl)c(-c3cc(C(=O)O)cc(C(F)(F)F)c3)cc2S1(O)O. The molecule has 0 bridgehead atoms. The zero-order valence-corrected chi connectivity index (χ0v) is 23.3. The third-order valence-electron chi connectivity index (χ3n) is 7.95. The van der Waals surface area contributed by atoms with Crippen LogP contribution in [-0.4, -0.2) is 44.1 Å². The van der Waals surface area contributed by atoms with E-state index in [2.05, 4.69) is 0 Å². The highest BCUT2D eigenvalue weighted by molar-refractivity contribution is 8.22. The minimum Gasteiger partial charge on any atom is -0.478 e. The molecule has 1 unspecified atom stereocenters. The average Bonchev–Trinajstić information content (AvgIpc) is 3.00. The van der Waals surface area contributed by atoms with Gasteiger partial charge < -0.3 is 10.0 Å². The maximum atomic E-state index is 13.7. The van der Waals surface area contributed by atoms with E-state index in [9.17, 15) is 32.2 Å². The molecule has 3 N–H and O–H groups in total. The second-order valence-corrected chi connectivity index (χ2v) is 12.8. The Hall–Kier alpha value is -2.76. The normalized spacial score (nSPS) is 21.0. The molecule has 1 aliphatic carbocycles. The van der Waals surface area contributed by atoms with Gasteiger partial charge in [0.05, 0.1) is 26.7 Å². The van der Waals surface area contributed by atoms with E-state index in [1.807, 2.05) is 35.2 Å². The first kappa shape index (κ1) is 28.8. The fourth-order valence-corrected chi connectivity index (χ4v) is 7.75. The molecule has 0 spiro atoms. The van der Waals surface area contributed by atoms with Crippen molar-refractivity contribution >= 4 is 39.7 Å². The Morgan fingerprint density at radius 3 is 2.30 bits per heavy atom. The summed E-state index contributed by atoms with van der Waals surface area (Å²) in [4.78, 5) is 13.8. The molecule has 0 radical (unpaired) electrons. The number of rotatable bonds is 4. The van der Waals surface area contributed by atoms with Crippen molar-refractivity contribution in [3.8, 4) is 11.1 Å². The molecular weight excluding hydrogens is 565 g/mol. The van der Waals surface area contributed by atoms with Crippen LogP contribution in [0.25, 0.3) is 11.1 Å². The van der Waals surface area contributed by atoms with Crippen LogP contribution in [-0.2, 0) is 6.18 Å². The highest BCUT2D eigenvalue weighted by Crippen LogP contribution is 2.60. The molecule has 0 aromatic heterocycles. The lowest BCUT2D eigenvalue weighted by Crippen LogP contribution is -2.45. The summed E-state index contributed by atoms with van der Waals surface area (Å²) in [5.41, 5.74) is -0.450. The van der Waals surface area contributed by atoms with E-state index < -0.39 is 34.0 Å². The van der Waals surface area contributed by atoms with Gasteiger partial charge in [-0.25, -0.2) is 4.79 Å².